The van der Waals surface area contributed by atoms with Crippen LogP contribution in [0.2, 0.25) is 0 Å². The van der Waals surface area contributed by atoms with Crippen LogP contribution in [-0.4, -0.2) is 98.1 Å². The number of H-pyrrole nitrogens is 1. The molecular formula is C33H29N5O10. The number of rotatable bonds is 6. The van der Waals surface area contributed by atoms with Gasteiger partial charge in [0.2, 0.25) is 0 Å². The first kappa shape index (κ1) is 30.2. The van der Waals surface area contributed by atoms with Gasteiger partial charge in [-0.15, -0.1) is 0 Å². The molecule has 0 spiro atoms. The second kappa shape index (κ2) is 11.0. The van der Waals surface area contributed by atoms with Crippen LogP contribution in [0.15, 0.2) is 54.9 Å². The molecule has 9 N–H and O–H groups in total. The summed E-state index contributed by atoms with van der Waals surface area (Å²) < 4.78 is 7.45. The summed E-state index contributed by atoms with van der Waals surface area (Å²) >= 11 is 0. The predicted octanol–water partition coefficient (Wildman–Crippen LogP) is 1.00. The van der Waals surface area contributed by atoms with Crippen LogP contribution in [0.4, 0.5) is 0 Å². The number of nitrogens with zero attached hydrogens (tertiary/aromatic N) is 3. The van der Waals surface area contributed by atoms with E-state index in [1.807, 2.05) is 0 Å². The zero-order valence-electron chi connectivity index (χ0n) is 24.9. The van der Waals surface area contributed by atoms with E-state index in [4.69, 9.17) is 4.74 Å². The molecule has 15 nitrogen and oxygen atoms in total. The Hall–Kier alpha value is -5.13. The number of aromatic hydroxyl groups is 2. The molecule has 15 heteroatoms. The Bertz CT molecular complexity index is 2310. The zero-order valence-corrected chi connectivity index (χ0v) is 24.9. The molecule has 246 valence electrons. The maximum atomic E-state index is 14.4. The molecule has 1 fully saturated rings. The molecule has 3 aromatic heterocycles. The molecule has 2 aliphatic heterocycles. The Morgan fingerprint density at radius 1 is 0.854 bits per heavy atom. The Balaban J connectivity index is 1.44. The Labute approximate surface area is 269 Å². The minimum atomic E-state index is -1.74. The predicted molar refractivity (Wildman–Crippen MR) is 169 cm³/mol. The van der Waals surface area contributed by atoms with E-state index in [9.17, 15) is 45.3 Å². The Morgan fingerprint density at radius 2 is 1.56 bits per heavy atom. The highest BCUT2D eigenvalue weighted by atomic mass is 16.6. The van der Waals surface area contributed by atoms with E-state index in [-0.39, 0.29) is 52.2 Å². The molecule has 5 heterocycles. The van der Waals surface area contributed by atoms with Gasteiger partial charge in [0.05, 0.1) is 46.4 Å². The van der Waals surface area contributed by atoms with Gasteiger partial charge < -0.3 is 50.0 Å². The number of ether oxygens (including phenoxy) is 1. The molecule has 0 saturated carbocycles. The Morgan fingerprint density at radius 3 is 2.29 bits per heavy atom. The van der Waals surface area contributed by atoms with Crippen LogP contribution < -0.4 is 5.43 Å². The standard InChI is InChI=1S/C33H29N5O10/c39-11-13-5-6-34-9-14(13)10-35-38-31(46)24-22-17-3-1-15(41)7-19(17)36-26(22)27-23(25(24)32(38)47)18-4-2-16(42)8-20(18)37(27)33-30(45)29(44)28(43)21(12-40)48-33/h1-9,21,28-30,33,35-36,39-45H,10-12H2/t21-,28-,29+,30-,33-/m1/s1. The minimum absolute atomic E-state index is 0.0107. The number of hydrogen-bond acceptors (Lipinski definition) is 12. The maximum Gasteiger partial charge on any atom is 0.276 e. The molecule has 0 aliphatic carbocycles. The number of phenols is 2. The number of imide groups is 1. The number of hydrogen-bond donors (Lipinski definition) is 9. The van der Waals surface area contributed by atoms with Gasteiger partial charge in [0.1, 0.15) is 35.9 Å². The van der Waals surface area contributed by atoms with Crippen molar-refractivity contribution < 1.29 is 50.1 Å². The van der Waals surface area contributed by atoms with E-state index in [2.05, 4.69) is 15.4 Å². The van der Waals surface area contributed by atoms with Crippen molar-refractivity contribution in [3.05, 3.63) is 77.1 Å². The molecule has 6 aromatic rings. The molecule has 0 radical (unpaired) electrons. The number of aromatic amines is 1. The highest BCUT2D eigenvalue weighted by Gasteiger charge is 2.47. The second-order valence-electron chi connectivity index (χ2n) is 12.0. The fraction of sp³-hybridized carbons (Fsp3) is 0.242. The highest BCUT2D eigenvalue weighted by molar-refractivity contribution is 6.39. The van der Waals surface area contributed by atoms with Crippen molar-refractivity contribution >= 4 is 55.4 Å². The topological polar surface area (TPSA) is 234 Å². The lowest BCUT2D eigenvalue weighted by Crippen LogP contribution is -2.56. The second-order valence-corrected chi connectivity index (χ2v) is 12.0. The number of aliphatic hydroxyl groups excluding tert-OH is 5. The normalized spacial score (nSPS) is 22.9. The van der Waals surface area contributed by atoms with Crippen molar-refractivity contribution in [1.82, 2.24) is 25.0 Å². The summed E-state index contributed by atoms with van der Waals surface area (Å²) in [5.74, 6) is -1.61. The summed E-state index contributed by atoms with van der Waals surface area (Å²) in [5.41, 5.74) is 5.31. The average Bonchev–Trinajstić information content (AvgIpc) is 3.69. The van der Waals surface area contributed by atoms with Gasteiger partial charge in [-0.2, -0.15) is 0 Å². The molecule has 2 aliphatic rings. The van der Waals surface area contributed by atoms with E-state index >= 15 is 0 Å². The fourth-order valence-electron chi connectivity index (χ4n) is 7.05. The van der Waals surface area contributed by atoms with Crippen LogP contribution in [0, 0.1) is 0 Å². The molecular weight excluding hydrogens is 626 g/mol. The van der Waals surface area contributed by atoms with Gasteiger partial charge in [-0.3, -0.25) is 14.6 Å². The highest BCUT2D eigenvalue weighted by Crippen LogP contribution is 2.47. The largest absolute Gasteiger partial charge is 0.508 e. The summed E-state index contributed by atoms with van der Waals surface area (Å²) in [5, 5.41) is 75.6. The number of benzene rings is 3. The number of carbonyl (C=O) groups excluding carboxylic acids is 2. The molecule has 2 amide bonds. The van der Waals surface area contributed by atoms with Crippen LogP contribution in [-0.2, 0) is 17.9 Å². The number of nitrogens with one attached hydrogen (secondary N) is 2. The number of pyridine rings is 1. The SMILES string of the molecule is O=C1c2c(c3c4ccc(O)cc4n([C@@H]4O[C@H](CO)[C@@H](O)[C@H](O)[C@H]4O)c3c3[nH]c4cc(O)ccc4c23)C(=O)N1NCc1cnccc1CO. The van der Waals surface area contributed by atoms with Crippen LogP contribution in [0.1, 0.15) is 38.1 Å². The summed E-state index contributed by atoms with van der Waals surface area (Å²) in [6, 6.07) is 10.4. The van der Waals surface area contributed by atoms with E-state index in [0.29, 0.717) is 38.3 Å². The van der Waals surface area contributed by atoms with Gasteiger partial charge in [0, 0.05) is 52.6 Å². The van der Waals surface area contributed by atoms with Gasteiger partial charge in [0.15, 0.2) is 6.23 Å². The molecule has 1 saturated heterocycles. The third-order valence-corrected chi connectivity index (χ3v) is 9.31. The first-order valence-electron chi connectivity index (χ1n) is 15.1. The maximum absolute atomic E-state index is 14.4. The number of phenolic OH excluding ortho intramolecular Hbond substituents is 2. The lowest BCUT2D eigenvalue weighted by molar-refractivity contribution is -0.249. The number of fused-ring (bicyclic) bond motifs is 10. The van der Waals surface area contributed by atoms with E-state index in [1.165, 1.54) is 41.2 Å². The summed E-state index contributed by atoms with van der Waals surface area (Å²) in [4.78, 5) is 36.0. The minimum Gasteiger partial charge on any atom is -0.508 e. The molecule has 0 bridgehead atoms. The first-order chi connectivity index (χ1) is 23.1. The van der Waals surface area contributed by atoms with Crippen LogP contribution in [0.25, 0.3) is 43.6 Å². The third-order valence-electron chi connectivity index (χ3n) is 9.31. The lowest BCUT2D eigenvalue weighted by Gasteiger charge is -2.41. The summed E-state index contributed by atoms with van der Waals surface area (Å²) in [7, 11) is 0. The average molecular weight is 656 g/mol. The number of aliphatic hydroxyl groups is 5. The Kier molecular flexibility index (Phi) is 6.90. The summed E-state index contributed by atoms with van der Waals surface area (Å²) in [6.07, 6.45) is -4.82. The first-order valence-corrected chi connectivity index (χ1v) is 15.1. The number of aromatic nitrogens is 3. The number of amides is 2. The van der Waals surface area contributed by atoms with Gasteiger partial charge in [-0.1, -0.05) is 0 Å². The quantitative estimate of drug-likeness (QED) is 0.114. The van der Waals surface area contributed by atoms with Crippen molar-refractivity contribution in [1.29, 1.82) is 0 Å². The fourth-order valence-corrected chi connectivity index (χ4v) is 7.05. The lowest BCUT2D eigenvalue weighted by atomic mass is 9.96. The van der Waals surface area contributed by atoms with Crippen LogP contribution in [0.5, 0.6) is 11.5 Å². The molecule has 48 heavy (non-hydrogen) atoms. The van der Waals surface area contributed by atoms with Crippen LogP contribution in [0.3, 0.4) is 0 Å². The smallest absolute Gasteiger partial charge is 0.276 e. The molecule has 0 unspecified atom stereocenters. The summed E-state index contributed by atoms with van der Waals surface area (Å²) in [6.45, 7) is -0.998. The number of hydrazine groups is 1. The van der Waals surface area contributed by atoms with E-state index < -0.39 is 49.1 Å². The van der Waals surface area contributed by atoms with Crippen molar-refractivity contribution in [3.8, 4) is 11.5 Å². The van der Waals surface area contributed by atoms with Gasteiger partial charge in [-0.05, 0) is 41.5 Å². The van der Waals surface area contributed by atoms with Crippen molar-refractivity contribution in [2.45, 2.75) is 43.8 Å². The third kappa shape index (κ3) is 4.17. The van der Waals surface area contributed by atoms with Crippen molar-refractivity contribution in [3.63, 3.8) is 0 Å². The van der Waals surface area contributed by atoms with Crippen LogP contribution >= 0.6 is 0 Å². The molecule has 5 atom stereocenters. The number of carbonyl (C=O) groups is 2. The van der Waals surface area contributed by atoms with E-state index in [1.54, 1.807) is 18.2 Å². The monoisotopic (exact) mass is 655 g/mol. The van der Waals surface area contributed by atoms with Gasteiger partial charge in [-0.25, -0.2) is 10.4 Å². The molecule has 8 rings (SSSR count). The van der Waals surface area contributed by atoms with Gasteiger partial charge >= 0.3 is 0 Å². The van der Waals surface area contributed by atoms with E-state index in [0.717, 1.165) is 5.01 Å². The molecule has 3 aromatic carbocycles. The van der Waals surface area contributed by atoms with Gasteiger partial charge in [0.25, 0.3) is 11.8 Å². The zero-order chi connectivity index (χ0) is 33.6. The van der Waals surface area contributed by atoms with Crippen molar-refractivity contribution in [2.24, 2.45) is 0 Å². The van der Waals surface area contributed by atoms with Crippen molar-refractivity contribution in [2.75, 3.05) is 6.61 Å².